The normalized spacial score (nSPS) is 10.5. The molecule has 6 heteroatoms. The van der Waals surface area contributed by atoms with Crippen LogP contribution in [0.25, 0.3) is 0 Å². The number of hydrogen-bond acceptors (Lipinski definition) is 4. The van der Waals surface area contributed by atoms with Gasteiger partial charge >= 0.3 is 0 Å². The molecule has 0 aliphatic rings. The van der Waals surface area contributed by atoms with Gasteiger partial charge in [0.2, 0.25) is 0 Å². The van der Waals surface area contributed by atoms with Crippen molar-refractivity contribution in [1.29, 1.82) is 0 Å². The van der Waals surface area contributed by atoms with Crippen molar-refractivity contribution in [2.24, 2.45) is 0 Å². The van der Waals surface area contributed by atoms with Crippen LogP contribution in [0.3, 0.4) is 0 Å². The predicted octanol–water partition coefficient (Wildman–Crippen LogP) is 4.03. The van der Waals surface area contributed by atoms with Gasteiger partial charge < -0.3 is 5.32 Å². The molecule has 2 aromatic rings. The van der Waals surface area contributed by atoms with Gasteiger partial charge in [-0.25, -0.2) is 9.97 Å². The topological polar surface area (TPSA) is 37.8 Å². The average molecular weight is 377 g/mol. The standard InChI is InChI=1S/C11H11Br2N3S/c1-7-15-9(12)6-11(16-7)14-5-4-8-2-3-10(13)17-8/h2-3,6H,4-5H2,1H3,(H,14,15,16). The van der Waals surface area contributed by atoms with Crippen molar-refractivity contribution in [2.75, 3.05) is 11.9 Å². The summed E-state index contributed by atoms with van der Waals surface area (Å²) in [6.07, 6.45) is 0.997. The summed E-state index contributed by atoms with van der Waals surface area (Å²) in [5, 5.41) is 3.29. The lowest BCUT2D eigenvalue weighted by atomic mass is 10.3. The zero-order valence-corrected chi connectivity index (χ0v) is 13.2. The molecule has 2 aromatic heterocycles. The quantitative estimate of drug-likeness (QED) is 0.818. The Hall–Kier alpha value is -0.460. The van der Waals surface area contributed by atoms with Gasteiger partial charge in [0.15, 0.2) is 0 Å². The van der Waals surface area contributed by atoms with Crippen molar-refractivity contribution in [2.45, 2.75) is 13.3 Å². The summed E-state index contributed by atoms with van der Waals surface area (Å²) in [5.74, 6) is 1.63. The largest absolute Gasteiger partial charge is 0.370 e. The van der Waals surface area contributed by atoms with Crippen molar-refractivity contribution in [1.82, 2.24) is 9.97 Å². The molecule has 0 radical (unpaired) electrons. The van der Waals surface area contributed by atoms with Crippen molar-refractivity contribution >= 4 is 49.0 Å². The second-order valence-electron chi connectivity index (χ2n) is 3.51. The first-order valence-electron chi connectivity index (χ1n) is 5.13. The Morgan fingerprint density at radius 1 is 1.29 bits per heavy atom. The van der Waals surface area contributed by atoms with E-state index in [-0.39, 0.29) is 0 Å². The number of anilines is 1. The average Bonchev–Trinajstić information content (AvgIpc) is 2.63. The van der Waals surface area contributed by atoms with Crippen LogP contribution in [-0.4, -0.2) is 16.5 Å². The molecule has 0 saturated carbocycles. The molecule has 2 heterocycles. The number of thiophene rings is 1. The van der Waals surface area contributed by atoms with Crippen LogP contribution >= 0.6 is 43.2 Å². The van der Waals surface area contributed by atoms with Crippen LogP contribution in [0.4, 0.5) is 5.82 Å². The summed E-state index contributed by atoms with van der Waals surface area (Å²) in [7, 11) is 0. The number of rotatable bonds is 4. The zero-order valence-electron chi connectivity index (χ0n) is 9.20. The molecule has 0 fully saturated rings. The number of aromatic nitrogens is 2. The van der Waals surface area contributed by atoms with Gasteiger partial charge in [0.05, 0.1) is 3.79 Å². The van der Waals surface area contributed by atoms with Gasteiger partial charge in [0, 0.05) is 17.5 Å². The van der Waals surface area contributed by atoms with E-state index in [1.54, 1.807) is 11.3 Å². The molecule has 0 amide bonds. The lowest BCUT2D eigenvalue weighted by molar-refractivity contribution is 0.985. The molecule has 0 atom stereocenters. The van der Waals surface area contributed by atoms with Gasteiger partial charge in [-0.2, -0.15) is 0 Å². The minimum Gasteiger partial charge on any atom is -0.370 e. The van der Waals surface area contributed by atoms with E-state index in [0.717, 1.165) is 29.2 Å². The van der Waals surface area contributed by atoms with Crippen molar-refractivity contribution in [3.05, 3.63) is 37.3 Å². The van der Waals surface area contributed by atoms with Crippen LogP contribution in [0.1, 0.15) is 10.7 Å². The third kappa shape index (κ3) is 4.04. The van der Waals surface area contributed by atoms with Crippen LogP contribution < -0.4 is 5.32 Å². The van der Waals surface area contributed by atoms with E-state index in [9.17, 15) is 0 Å². The molecule has 0 unspecified atom stereocenters. The Balaban J connectivity index is 1.89. The molecule has 2 rings (SSSR count). The number of nitrogens with zero attached hydrogens (tertiary/aromatic N) is 2. The molecule has 0 aromatic carbocycles. The maximum atomic E-state index is 4.31. The molecule has 90 valence electrons. The molecule has 0 bridgehead atoms. The summed E-state index contributed by atoms with van der Waals surface area (Å²) in [5.41, 5.74) is 0. The number of hydrogen-bond donors (Lipinski definition) is 1. The van der Waals surface area contributed by atoms with Gasteiger partial charge in [0.25, 0.3) is 0 Å². The number of aryl methyl sites for hydroxylation is 1. The molecule has 3 nitrogen and oxygen atoms in total. The van der Waals surface area contributed by atoms with E-state index in [1.807, 2.05) is 13.0 Å². The Morgan fingerprint density at radius 3 is 2.76 bits per heavy atom. The smallest absolute Gasteiger partial charge is 0.130 e. The summed E-state index contributed by atoms with van der Waals surface area (Å²) >= 11 is 8.58. The van der Waals surface area contributed by atoms with Crippen molar-refractivity contribution in [3.8, 4) is 0 Å². The van der Waals surface area contributed by atoms with Gasteiger partial charge in [-0.1, -0.05) is 0 Å². The van der Waals surface area contributed by atoms with E-state index in [1.165, 1.54) is 8.66 Å². The fourth-order valence-corrected chi connectivity index (χ4v) is 3.38. The summed E-state index contributed by atoms with van der Waals surface area (Å²) in [4.78, 5) is 9.83. The van der Waals surface area contributed by atoms with E-state index in [4.69, 9.17) is 0 Å². The fourth-order valence-electron chi connectivity index (χ4n) is 1.42. The number of nitrogens with one attached hydrogen (secondary N) is 1. The third-order valence-electron chi connectivity index (χ3n) is 2.11. The molecule has 17 heavy (non-hydrogen) atoms. The highest BCUT2D eigenvalue weighted by Gasteiger charge is 2.00. The second-order valence-corrected chi connectivity index (χ2v) is 6.87. The van der Waals surface area contributed by atoms with Gasteiger partial charge in [-0.3, -0.25) is 0 Å². The van der Waals surface area contributed by atoms with Crippen LogP contribution in [0.15, 0.2) is 26.6 Å². The lowest BCUT2D eigenvalue weighted by Crippen LogP contribution is -2.06. The van der Waals surface area contributed by atoms with E-state index in [0.29, 0.717) is 0 Å². The molecule has 0 aliphatic heterocycles. The highest BCUT2D eigenvalue weighted by atomic mass is 79.9. The van der Waals surface area contributed by atoms with Crippen molar-refractivity contribution in [3.63, 3.8) is 0 Å². The van der Waals surface area contributed by atoms with E-state index < -0.39 is 0 Å². The SMILES string of the molecule is Cc1nc(Br)cc(NCCc2ccc(Br)s2)n1. The maximum Gasteiger partial charge on any atom is 0.130 e. The van der Waals surface area contributed by atoms with Crippen LogP contribution in [-0.2, 0) is 6.42 Å². The third-order valence-corrected chi connectivity index (χ3v) is 4.20. The molecule has 0 saturated heterocycles. The monoisotopic (exact) mass is 375 g/mol. The fraction of sp³-hybridized carbons (Fsp3) is 0.273. The molecule has 0 spiro atoms. The van der Waals surface area contributed by atoms with Crippen LogP contribution in [0.2, 0.25) is 0 Å². The van der Waals surface area contributed by atoms with Crippen molar-refractivity contribution < 1.29 is 0 Å². The highest BCUT2D eigenvalue weighted by Crippen LogP contribution is 2.22. The van der Waals surface area contributed by atoms with E-state index >= 15 is 0 Å². The van der Waals surface area contributed by atoms with Gasteiger partial charge in [0.1, 0.15) is 16.2 Å². The van der Waals surface area contributed by atoms with Gasteiger partial charge in [-0.05, 0) is 57.3 Å². The molecule has 1 N–H and O–H groups in total. The minimum atomic E-state index is 0.765. The Labute approximate surface area is 121 Å². The van der Waals surface area contributed by atoms with Crippen LogP contribution in [0, 0.1) is 6.92 Å². The Bertz CT molecular complexity index is 493. The Morgan fingerprint density at radius 2 is 2.12 bits per heavy atom. The first-order chi connectivity index (χ1) is 8.13. The Kier molecular flexibility index (Phi) is 4.53. The lowest BCUT2D eigenvalue weighted by Gasteiger charge is -2.05. The first-order valence-corrected chi connectivity index (χ1v) is 7.53. The predicted molar refractivity (Wildman–Crippen MR) is 78.7 cm³/mol. The summed E-state index contributed by atoms with van der Waals surface area (Å²) < 4.78 is 1.99. The minimum absolute atomic E-state index is 0.765. The molecule has 0 aliphatic carbocycles. The van der Waals surface area contributed by atoms with Gasteiger partial charge in [-0.15, -0.1) is 11.3 Å². The maximum absolute atomic E-state index is 4.31. The van der Waals surface area contributed by atoms with E-state index in [2.05, 4.69) is 59.3 Å². The summed E-state index contributed by atoms with van der Waals surface area (Å²) in [6, 6.07) is 6.10. The van der Waals surface area contributed by atoms with Crippen LogP contribution in [0.5, 0.6) is 0 Å². The zero-order chi connectivity index (χ0) is 12.3. The highest BCUT2D eigenvalue weighted by molar-refractivity contribution is 9.11. The summed E-state index contributed by atoms with van der Waals surface area (Å²) in [6.45, 7) is 2.75. The molecular formula is C11H11Br2N3S. The first kappa shape index (κ1) is 13.0. The number of halogens is 2. The molecular weight excluding hydrogens is 366 g/mol. The second kappa shape index (κ2) is 5.93.